The minimum absolute atomic E-state index is 0.106. The maximum Gasteiger partial charge on any atom is 0.234 e. The third-order valence-corrected chi connectivity index (χ3v) is 5.18. The van der Waals surface area contributed by atoms with Crippen molar-refractivity contribution in [2.45, 2.75) is 6.29 Å². The molecule has 1 aromatic heterocycles. The van der Waals surface area contributed by atoms with E-state index in [2.05, 4.69) is 20.7 Å². The van der Waals surface area contributed by atoms with Crippen LogP contribution in [0.25, 0.3) is 11.0 Å². The molecule has 2 N–H and O–H groups in total. The zero-order valence-electron chi connectivity index (χ0n) is 14.5. The van der Waals surface area contributed by atoms with E-state index in [0.717, 1.165) is 11.0 Å². The van der Waals surface area contributed by atoms with Crippen molar-refractivity contribution in [1.29, 1.82) is 0 Å². The number of nitrogens with zero attached hydrogens (tertiary/aromatic N) is 4. The molecule has 7 nitrogen and oxygen atoms in total. The Balaban J connectivity index is 1.40. The van der Waals surface area contributed by atoms with Gasteiger partial charge in [0.2, 0.25) is 12.2 Å². The number of halogens is 1. The summed E-state index contributed by atoms with van der Waals surface area (Å²) in [6.45, 7) is 0. The quantitative estimate of drug-likeness (QED) is 0.702. The molecule has 0 saturated carbocycles. The van der Waals surface area contributed by atoms with Gasteiger partial charge in [0.05, 0.1) is 23.1 Å². The summed E-state index contributed by atoms with van der Waals surface area (Å²) in [5.41, 5.74) is 5.82. The number of hydrazine groups is 1. The van der Waals surface area contributed by atoms with Crippen LogP contribution in [-0.4, -0.2) is 38.4 Å². The van der Waals surface area contributed by atoms with Gasteiger partial charge in [-0.1, -0.05) is 35.5 Å². The molecule has 0 bridgehead atoms. The van der Waals surface area contributed by atoms with Crippen molar-refractivity contribution < 1.29 is 4.79 Å². The molecule has 1 aliphatic rings. The van der Waals surface area contributed by atoms with Crippen LogP contribution in [0, 0.1) is 0 Å². The largest absolute Gasteiger partial charge is 0.325 e. The number of para-hydroxylation sites is 2. The lowest BCUT2D eigenvalue weighted by Gasteiger charge is -2.19. The van der Waals surface area contributed by atoms with E-state index in [9.17, 15) is 4.79 Å². The monoisotopic (exact) mass is 400 g/mol. The first-order valence-corrected chi connectivity index (χ1v) is 9.63. The standard InChI is InChI=1S/C18H17ClN6OS/c1-24-18(25-11-20-14-4-2-3-5-15(14)25)22-17(23-24)27-10-16(26)21-13-8-6-12(19)7-9-13/h2-9,11,18H,10H2,1H3,(H,21,26)(H,22,23). The Bertz CT molecular complexity index is 1000. The molecule has 138 valence electrons. The van der Waals surface area contributed by atoms with Crippen LogP contribution >= 0.6 is 23.4 Å². The predicted molar refractivity (Wildman–Crippen MR) is 110 cm³/mol. The topological polar surface area (TPSA) is 74.6 Å². The van der Waals surface area contributed by atoms with E-state index >= 15 is 0 Å². The lowest BCUT2D eigenvalue weighted by molar-refractivity contribution is -0.113. The number of rotatable bonds is 4. The highest BCUT2D eigenvalue weighted by Crippen LogP contribution is 2.25. The number of aromatic nitrogens is 2. The van der Waals surface area contributed by atoms with E-state index in [4.69, 9.17) is 11.6 Å². The van der Waals surface area contributed by atoms with E-state index in [0.29, 0.717) is 15.9 Å². The van der Waals surface area contributed by atoms with Crippen molar-refractivity contribution in [1.82, 2.24) is 20.0 Å². The Morgan fingerprint density at radius 2 is 2.04 bits per heavy atom. The maximum absolute atomic E-state index is 12.1. The molecule has 1 unspecified atom stereocenters. The van der Waals surface area contributed by atoms with Gasteiger partial charge in [-0.05, 0) is 36.4 Å². The summed E-state index contributed by atoms with van der Waals surface area (Å²) >= 11 is 7.20. The number of thioether (sulfide) groups is 1. The average molecular weight is 401 g/mol. The second kappa shape index (κ2) is 7.59. The van der Waals surface area contributed by atoms with Gasteiger partial charge in [-0.25, -0.2) is 9.98 Å². The summed E-state index contributed by atoms with van der Waals surface area (Å²) in [6, 6.07) is 14.9. The van der Waals surface area contributed by atoms with E-state index in [-0.39, 0.29) is 17.9 Å². The van der Waals surface area contributed by atoms with Crippen molar-refractivity contribution in [2.75, 3.05) is 18.1 Å². The first kappa shape index (κ1) is 17.8. The van der Waals surface area contributed by atoms with Crippen LogP contribution in [0.2, 0.25) is 5.02 Å². The molecule has 1 atom stereocenters. The normalized spacial score (nSPS) is 17.0. The van der Waals surface area contributed by atoms with Crippen molar-refractivity contribution in [2.24, 2.45) is 4.99 Å². The number of carbonyl (C=O) groups excluding carboxylic acids is 1. The van der Waals surface area contributed by atoms with Crippen molar-refractivity contribution in [3.8, 4) is 0 Å². The van der Waals surface area contributed by atoms with E-state index in [1.165, 1.54) is 11.8 Å². The number of hydrogen-bond donors (Lipinski definition) is 2. The highest BCUT2D eigenvalue weighted by Gasteiger charge is 2.26. The number of benzene rings is 2. The van der Waals surface area contributed by atoms with Gasteiger partial charge in [-0.2, -0.15) is 5.01 Å². The number of carbonyl (C=O) groups is 1. The molecule has 4 rings (SSSR count). The Kier molecular flexibility index (Phi) is 5.02. The molecule has 0 fully saturated rings. The number of hydrogen-bond acceptors (Lipinski definition) is 6. The number of anilines is 1. The molecule has 27 heavy (non-hydrogen) atoms. The highest BCUT2D eigenvalue weighted by molar-refractivity contribution is 8.14. The van der Waals surface area contributed by atoms with Crippen LogP contribution in [-0.2, 0) is 4.79 Å². The molecular formula is C18H17ClN6OS. The van der Waals surface area contributed by atoms with Crippen LogP contribution in [0.4, 0.5) is 5.69 Å². The molecule has 0 aliphatic carbocycles. The summed E-state index contributed by atoms with van der Waals surface area (Å²) in [7, 11) is 1.91. The van der Waals surface area contributed by atoms with Gasteiger partial charge >= 0.3 is 0 Å². The molecule has 0 spiro atoms. The minimum atomic E-state index is -0.251. The van der Waals surface area contributed by atoms with Gasteiger partial charge in [0.1, 0.15) is 0 Å². The lowest BCUT2D eigenvalue weighted by atomic mass is 10.3. The molecule has 0 saturated heterocycles. The Labute approximate surface area is 165 Å². The van der Waals surface area contributed by atoms with Gasteiger partial charge in [-0.3, -0.25) is 14.8 Å². The Morgan fingerprint density at radius 3 is 2.85 bits per heavy atom. The zero-order valence-corrected chi connectivity index (χ0v) is 16.0. The number of imidazole rings is 1. The fraction of sp³-hybridized carbons (Fsp3) is 0.167. The summed E-state index contributed by atoms with van der Waals surface area (Å²) in [5.74, 6) is 0.144. The van der Waals surface area contributed by atoms with Gasteiger partial charge in [0.15, 0.2) is 5.17 Å². The van der Waals surface area contributed by atoms with Gasteiger partial charge in [0, 0.05) is 17.8 Å². The maximum atomic E-state index is 12.1. The molecule has 1 amide bonds. The average Bonchev–Trinajstić information content (AvgIpc) is 3.25. The molecule has 2 aromatic carbocycles. The fourth-order valence-corrected chi connectivity index (χ4v) is 3.62. The van der Waals surface area contributed by atoms with Gasteiger partial charge in [-0.15, -0.1) is 0 Å². The van der Waals surface area contributed by atoms with Crippen LogP contribution in [0.5, 0.6) is 0 Å². The molecule has 2 heterocycles. The van der Waals surface area contributed by atoms with Gasteiger partial charge < -0.3 is 5.32 Å². The van der Waals surface area contributed by atoms with Crippen LogP contribution in [0.15, 0.2) is 59.9 Å². The third kappa shape index (κ3) is 3.92. The van der Waals surface area contributed by atoms with Crippen molar-refractivity contribution in [3.63, 3.8) is 0 Å². The second-order valence-corrected chi connectivity index (χ2v) is 7.39. The van der Waals surface area contributed by atoms with Crippen molar-refractivity contribution >= 4 is 51.2 Å². The number of fused-ring (bicyclic) bond motifs is 1. The van der Waals surface area contributed by atoms with Crippen LogP contribution < -0.4 is 10.7 Å². The zero-order chi connectivity index (χ0) is 18.8. The SMILES string of the molecule is CN1NC(SCC(=O)Nc2ccc(Cl)cc2)=NC1n1cnc2ccccc21. The summed E-state index contributed by atoms with van der Waals surface area (Å²) in [5, 5.41) is 6.04. The Hall–Kier alpha value is -2.55. The smallest absolute Gasteiger partial charge is 0.234 e. The van der Waals surface area contributed by atoms with E-state index < -0.39 is 0 Å². The molecule has 3 aromatic rings. The first-order valence-electron chi connectivity index (χ1n) is 8.27. The minimum Gasteiger partial charge on any atom is -0.325 e. The molecule has 1 aliphatic heterocycles. The van der Waals surface area contributed by atoms with Crippen LogP contribution in [0.1, 0.15) is 6.29 Å². The summed E-state index contributed by atoms with van der Waals surface area (Å²) < 4.78 is 1.99. The predicted octanol–water partition coefficient (Wildman–Crippen LogP) is 3.32. The second-order valence-electron chi connectivity index (χ2n) is 5.99. The summed E-state index contributed by atoms with van der Waals surface area (Å²) in [6.07, 6.45) is 1.52. The molecule has 0 radical (unpaired) electrons. The van der Waals surface area contributed by atoms with E-state index in [1.54, 1.807) is 30.6 Å². The van der Waals surface area contributed by atoms with E-state index in [1.807, 2.05) is 40.9 Å². The number of aliphatic imine (C=N–C) groups is 1. The van der Waals surface area contributed by atoms with Crippen LogP contribution in [0.3, 0.4) is 0 Å². The molecule has 9 heteroatoms. The highest BCUT2D eigenvalue weighted by atomic mass is 35.5. The molecular weight excluding hydrogens is 384 g/mol. The lowest BCUT2D eigenvalue weighted by Crippen LogP contribution is -2.35. The summed E-state index contributed by atoms with van der Waals surface area (Å²) in [4.78, 5) is 21.2. The third-order valence-electron chi connectivity index (χ3n) is 4.05. The fourth-order valence-electron chi connectivity index (χ4n) is 2.77. The number of nitrogens with one attached hydrogen (secondary N) is 2. The van der Waals surface area contributed by atoms with Crippen molar-refractivity contribution in [3.05, 3.63) is 59.9 Å². The number of amidine groups is 1. The Morgan fingerprint density at radius 1 is 1.26 bits per heavy atom. The first-order chi connectivity index (χ1) is 13.1. The van der Waals surface area contributed by atoms with Gasteiger partial charge in [0.25, 0.3) is 0 Å². The number of amides is 1.